The van der Waals surface area contributed by atoms with Crippen molar-refractivity contribution in [1.29, 1.82) is 0 Å². The van der Waals surface area contributed by atoms with Crippen LogP contribution in [-0.4, -0.2) is 28.8 Å². The number of hydrogen-bond acceptors (Lipinski definition) is 4. The molecule has 1 aromatic rings. The lowest BCUT2D eigenvalue weighted by atomic mass is 10.2. The summed E-state index contributed by atoms with van der Waals surface area (Å²) in [7, 11) is 0. The molecule has 0 aliphatic carbocycles. The second-order valence-electron chi connectivity index (χ2n) is 3.45. The first-order valence-corrected chi connectivity index (χ1v) is 4.92. The topological polar surface area (TPSA) is 89.7 Å². The zero-order valence-corrected chi connectivity index (χ0v) is 9.31. The van der Waals surface area contributed by atoms with Gasteiger partial charge in [-0.05, 0) is 12.1 Å². The van der Waals surface area contributed by atoms with Crippen molar-refractivity contribution in [3.63, 3.8) is 0 Å². The molecule has 0 amide bonds. The summed E-state index contributed by atoms with van der Waals surface area (Å²) < 4.78 is 40.3. The van der Waals surface area contributed by atoms with Gasteiger partial charge in [-0.1, -0.05) is 0 Å². The number of rotatable bonds is 5. The Morgan fingerprint density at radius 2 is 2.05 bits per heavy atom. The van der Waals surface area contributed by atoms with Gasteiger partial charge in [-0.25, -0.2) is 4.79 Å². The number of benzene rings is 1. The molecule has 0 aliphatic rings. The van der Waals surface area contributed by atoms with Crippen LogP contribution in [0.1, 0.15) is 16.8 Å². The molecular weight excluding hydrogens is 271 g/mol. The molecule has 0 aromatic heterocycles. The fourth-order valence-corrected chi connectivity index (χ4v) is 1.22. The van der Waals surface area contributed by atoms with Gasteiger partial charge in [-0.3, -0.25) is 10.1 Å². The van der Waals surface area contributed by atoms with Crippen molar-refractivity contribution in [2.45, 2.75) is 12.6 Å². The Balaban J connectivity index is 2.85. The highest BCUT2D eigenvalue weighted by Crippen LogP contribution is 2.26. The second-order valence-corrected chi connectivity index (χ2v) is 3.45. The third-order valence-corrected chi connectivity index (χ3v) is 2.05. The minimum Gasteiger partial charge on any atom is -0.493 e. The van der Waals surface area contributed by atoms with E-state index in [0.29, 0.717) is 0 Å². The lowest BCUT2D eigenvalue weighted by Gasteiger charge is -2.08. The highest BCUT2D eigenvalue weighted by Gasteiger charge is 2.27. The Morgan fingerprint density at radius 1 is 1.42 bits per heavy atom. The van der Waals surface area contributed by atoms with E-state index in [9.17, 15) is 28.1 Å². The fraction of sp³-hybridized carbons (Fsp3) is 0.300. The largest absolute Gasteiger partial charge is 0.493 e. The van der Waals surface area contributed by atoms with E-state index in [2.05, 4.69) is 0 Å². The van der Waals surface area contributed by atoms with Crippen LogP contribution in [0.5, 0.6) is 5.75 Å². The van der Waals surface area contributed by atoms with Gasteiger partial charge >= 0.3 is 12.1 Å². The van der Waals surface area contributed by atoms with E-state index >= 15 is 0 Å². The Bertz CT molecular complexity index is 500. The Labute approximate surface area is 104 Å². The van der Waals surface area contributed by atoms with Crippen LogP contribution >= 0.6 is 0 Å². The van der Waals surface area contributed by atoms with E-state index < -0.39 is 41.3 Å². The predicted octanol–water partition coefficient (Wildman–Crippen LogP) is 2.62. The Kier molecular flexibility index (Phi) is 4.30. The van der Waals surface area contributed by atoms with Crippen LogP contribution in [0.15, 0.2) is 18.2 Å². The van der Waals surface area contributed by atoms with E-state index in [1.54, 1.807) is 0 Å². The van der Waals surface area contributed by atoms with Gasteiger partial charge in [0.15, 0.2) is 0 Å². The zero-order valence-electron chi connectivity index (χ0n) is 9.31. The number of ether oxygens (including phenoxy) is 1. The first-order chi connectivity index (χ1) is 8.70. The quantitative estimate of drug-likeness (QED) is 0.661. The minimum atomic E-state index is -4.40. The predicted molar refractivity (Wildman–Crippen MR) is 56.2 cm³/mol. The molecule has 1 N–H and O–H groups in total. The zero-order chi connectivity index (χ0) is 14.6. The molecule has 0 unspecified atom stereocenters. The summed E-state index contributed by atoms with van der Waals surface area (Å²) in [6.45, 7) is -0.701. The summed E-state index contributed by atoms with van der Waals surface area (Å²) in [6.07, 6.45) is -5.60. The van der Waals surface area contributed by atoms with Gasteiger partial charge in [0.2, 0.25) is 0 Å². The van der Waals surface area contributed by atoms with Crippen molar-refractivity contribution < 1.29 is 32.7 Å². The molecule has 0 saturated carbocycles. The SMILES string of the molecule is O=C(O)c1ccc(OCCC(F)(F)F)cc1[N+](=O)[O-]. The van der Waals surface area contributed by atoms with Gasteiger partial charge in [0.25, 0.3) is 5.69 Å². The van der Waals surface area contributed by atoms with Crippen LogP contribution in [0.25, 0.3) is 0 Å². The molecule has 19 heavy (non-hydrogen) atoms. The van der Waals surface area contributed by atoms with Crippen molar-refractivity contribution >= 4 is 11.7 Å². The maximum absolute atomic E-state index is 11.9. The molecule has 6 nitrogen and oxygen atoms in total. The van der Waals surface area contributed by atoms with E-state index in [0.717, 1.165) is 18.2 Å². The van der Waals surface area contributed by atoms with Crippen LogP contribution in [-0.2, 0) is 0 Å². The number of carbonyl (C=O) groups is 1. The molecule has 0 radical (unpaired) electrons. The summed E-state index contributed by atoms with van der Waals surface area (Å²) in [4.78, 5) is 20.4. The number of carboxylic acid groups (broad SMARTS) is 1. The van der Waals surface area contributed by atoms with Gasteiger partial charge in [0.1, 0.15) is 11.3 Å². The van der Waals surface area contributed by atoms with Crippen LogP contribution in [0.3, 0.4) is 0 Å². The van der Waals surface area contributed by atoms with Crippen LogP contribution < -0.4 is 4.74 Å². The van der Waals surface area contributed by atoms with Crippen molar-refractivity contribution in [2.24, 2.45) is 0 Å². The molecule has 1 rings (SSSR count). The van der Waals surface area contributed by atoms with Crippen LogP contribution in [0, 0.1) is 10.1 Å². The Hall–Kier alpha value is -2.32. The summed E-state index contributed by atoms with van der Waals surface area (Å²) >= 11 is 0. The molecule has 0 bridgehead atoms. The van der Waals surface area contributed by atoms with E-state index in [-0.39, 0.29) is 5.75 Å². The second kappa shape index (κ2) is 5.55. The normalized spacial score (nSPS) is 11.1. The third kappa shape index (κ3) is 4.45. The van der Waals surface area contributed by atoms with Crippen molar-refractivity contribution in [3.8, 4) is 5.75 Å². The van der Waals surface area contributed by atoms with Crippen molar-refractivity contribution in [1.82, 2.24) is 0 Å². The monoisotopic (exact) mass is 279 g/mol. The van der Waals surface area contributed by atoms with Gasteiger partial charge in [0.05, 0.1) is 24.0 Å². The standard InChI is InChI=1S/C10H8F3NO5/c11-10(12,13)3-4-19-6-1-2-7(9(15)16)8(5-6)14(17)18/h1-2,5H,3-4H2,(H,15,16). The molecule has 1 aromatic carbocycles. The third-order valence-electron chi connectivity index (χ3n) is 2.05. The number of aromatic carboxylic acids is 1. The van der Waals surface area contributed by atoms with Crippen molar-refractivity contribution in [3.05, 3.63) is 33.9 Å². The molecule has 0 spiro atoms. The summed E-state index contributed by atoms with van der Waals surface area (Å²) in [5.74, 6) is -1.70. The van der Waals surface area contributed by atoms with Crippen LogP contribution in [0.4, 0.5) is 18.9 Å². The van der Waals surface area contributed by atoms with Gasteiger partial charge < -0.3 is 9.84 Å². The number of alkyl halides is 3. The Morgan fingerprint density at radius 3 is 2.53 bits per heavy atom. The summed E-state index contributed by atoms with van der Waals surface area (Å²) in [5, 5.41) is 19.3. The molecule has 0 fully saturated rings. The number of nitro benzene ring substituents is 1. The lowest BCUT2D eigenvalue weighted by molar-refractivity contribution is -0.385. The number of nitrogens with zero attached hydrogens (tertiary/aromatic N) is 1. The highest BCUT2D eigenvalue weighted by atomic mass is 19.4. The average molecular weight is 279 g/mol. The highest BCUT2D eigenvalue weighted by molar-refractivity contribution is 5.92. The first-order valence-electron chi connectivity index (χ1n) is 4.92. The average Bonchev–Trinajstić information content (AvgIpc) is 2.26. The van der Waals surface area contributed by atoms with E-state index in [4.69, 9.17) is 9.84 Å². The molecule has 0 saturated heterocycles. The number of nitro groups is 1. The number of halogens is 3. The fourth-order valence-electron chi connectivity index (χ4n) is 1.22. The van der Waals surface area contributed by atoms with Gasteiger partial charge in [-0.15, -0.1) is 0 Å². The minimum absolute atomic E-state index is 0.194. The van der Waals surface area contributed by atoms with Crippen molar-refractivity contribution in [2.75, 3.05) is 6.61 Å². The first kappa shape index (κ1) is 14.7. The molecule has 0 heterocycles. The molecule has 104 valence electrons. The lowest BCUT2D eigenvalue weighted by Crippen LogP contribution is -2.13. The molecule has 0 atom stereocenters. The molecule has 0 aliphatic heterocycles. The maximum atomic E-state index is 11.9. The van der Waals surface area contributed by atoms with E-state index in [1.807, 2.05) is 0 Å². The van der Waals surface area contributed by atoms with Gasteiger partial charge in [-0.2, -0.15) is 13.2 Å². The smallest absolute Gasteiger partial charge is 0.392 e. The summed E-state index contributed by atoms with van der Waals surface area (Å²) in [5.41, 5.74) is -1.30. The molecule has 9 heteroatoms. The van der Waals surface area contributed by atoms with E-state index in [1.165, 1.54) is 0 Å². The summed E-state index contributed by atoms with van der Waals surface area (Å²) in [6, 6.07) is 2.75. The van der Waals surface area contributed by atoms with Gasteiger partial charge in [0, 0.05) is 0 Å². The van der Waals surface area contributed by atoms with Crippen LogP contribution in [0.2, 0.25) is 0 Å². The molecular formula is C10H8F3NO5. The number of hydrogen-bond donors (Lipinski definition) is 1. The number of carboxylic acids is 1. The maximum Gasteiger partial charge on any atom is 0.392 e.